The quantitative estimate of drug-likeness (QED) is 0.541. The third-order valence-electron chi connectivity index (χ3n) is 4.51. The van der Waals surface area contributed by atoms with Crippen molar-refractivity contribution < 1.29 is 0 Å². The lowest BCUT2D eigenvalue weighted by molar-refractivity contribution is 0.407. The Hall–Kier alpha value is -1.26. The van der Waals surface area contributed by atoms with E-state index in [1.807, 2.05) is 14.1 Å². The molecule has 0 aromatic carbocycles. The molecule has 3 N–H and O–H groups in total. The average Bonchev–Trinajstić information content (AvgIpc) is 2.54. The maximum atomic E-state index is 4.90. The minimum Gasteiger partial charge on any atom is -0.359 e. The van der Waals surface area contributed by atoms with Crippen molar-refractivity contribution in [1.82, 2.24) is 16.0 Å². The Labute approximate surface area is 129 Å². The summed E-state index contributed by atoms with van der Waals surface area (Å²) in [5.41, 5.74) is 0. The molecule has 0 saturated heterocycles. The second kappa shape index (κ2) is 8.90. The van der Waals surface area contributed by atoms with Gasteiger partial charge in [-0.2, -0.15) is 4.99 Å². The molecule has 2 saturated carbocycles. The van der Waals surface area contributed by atoms with Crippen LogP contribution in [0.5, 0.6) is 0 Å². The molecule has 0 bridgehead atoms. The fraction of sp³-hybridized carbons (Fsp3) is 0.875. The van der Waals surface area contributed by atoms with E-state index in [1.165, 1.54) is 64.2 Å². The monoisotopic (exact) mass is 293 g/mol. The molecular weight excluding hydrogens is 262 g/mol. The van der Waals surface area contributed by atoms with Crippen LogP contribution >= 0.6 is 0 Å². The highest BCUT2D eigenvalue weighted by Crippen LogP contribution is 2.21. The van der Waals surface area contributed by atoms with Gasteiger partial charge in [0.15, 0.2) is 5.96 Å². The Bertz CT molecular complexity index is 346. The van der Waals surface area contributed by atoms with Crippen molar-refractivity contribution in [3.63, 3.8) is 0 Å². The summed E-state index contributed by atoms with van der Waals surface area (Å²) in [4.78, 5) is 9.54. The Morgan fingerprint density at radius 1 is 0.810 bits per heavy atom. The van der Waals surface area contributed by atoms with E-state index in [4.69, 9.17) is 4.99 Å². The second-order valence-electron chi connectivity index (χ2n) is 6.18. The van der Waals surface area contributed by atoms with Crippen LogP contribution in [0.15, 0.2) is 9.98 Å². The number of hydrogen-bond acceptors (Lipinski definition) is 1. The molecule has 5 nitrogen and oxygen atoms in total. The zero-order chi connectivity index (χ0) is 14.9. The van der Waals surface area contributed by atoms with Crippen molar-refractivity contribution in [1.29, 1.82) is 0 Å². The standard InChI is InChI=1S/C16H31N5/c1-17-15(18-2)21-16(19-13-9-5-3-6-10-13)20-14-11-7-4-8-12-14/h13-14H,3-12H2,1-2H3,(H3,17,18,19,20,21). The summed E-state index contributed by atoms with van der Waals surface area (Å²) < 4.78 is 0. The van der Waals surface area contributed by atoms with Crippen LogP contribution in [0, 0.1) is 0 Å². The summed E-state index contributed by atoms with van der Waals surface area (Å²) in [6.45, 7) is 0. The fourth-order valence-electron chi connectivity index (χ4n) is 3.25. The molecule has 0 amide bonds. The van der Waals surface area contributed by atoms with Crippen LogP contribution in [0.2, 0.25) is 0 Å². The number of nitrogens with one attached hydrogen (secondary N) is 3. The van der Waals surface area contributed by atoms with Crippen molar-refractivity contribution in [2.75, 3.05) is 14.1 Å². The molecule has 0 unspecified atom stereocenters. The van der Waals surface area contributed by atoms with Crippen LogP contribution < -0.4 is 16.0 Å². The number of guanidine groups is 2. The third kappa shape index (κ3) is 5.56. The minimum atomic E-state index is 0.448. The molecule has 0 aromatic rings. The van der Waals surface area contributed by atoms with Gasteiger partial charge in [0, 0.05) is 20.1 Å². The summed E-state index contributed by atoms with van der Waals surface area (Å²) in [7, 11) is 3.77. The Balaban J connectivity index is 2.04. The Kier molecular flexibility index (Phi) is 6.83. The molecule has 0 aliphatic heterocycles. The van der Waals surface area contributed by atoms with Gasteiger partial charge in [-0.25, -0.2) is 4.99 Å². The van der Waals surface area contributed by atoms with E-state index >= 15 is 0 Å². The van der Waals surface area contributed by atoms with Crippen molar-refractivity contribution in [2.24, 2.45) is 9.98 Å². The van der Waals surface area contributed by atoms with E-state index in [0.717, 1.165) is 11.9 Å². The van der Waals surface area contributed by atoms with Gasteiger partial charge in [0.2, 0.25) is 5.96 Å². The molecular formula is C16H31N5. The SMILES string of the molecule is CNC(=N/C(=N/C1CCCCC1)NC1CCCCC1)NC. The molecule has 0 radical (unpaired) electrons. The molecule has 2 rings (SSSR count). The smallest absolute Gasteiger partial charge is 0.221 e. The van der Waals surface area contributed by atoms with Crippen molar-refractivity contribution in [3.05, 3.63) is 0 Å². The van der Waals surface area contributed by atoms with Gasteiger partial charge in [-0.15, -0.1) is 0 Å². The third-order valence-corrected chi connectivity index (χ3v) is 4.51. The number of hydrogen-bond donors (Lipinski definition) is 3. The predicted octanol–water partition coefficient (Wildman–Crippen LogP) is 2.39. The first-order chi connectivity index (χ1) is 10.3. The fourth-order valence-corrected chi connectivity index (χ4v) is 3.25. The van der Waals surface area contributed by atoms with E-state index in [-0.39, 0.29) is 0 Å². The molecule has 120 valence electrons. The van der Waals surface area contributed by atoms with Gasteiger partial charge >= 0.3 is 0 Å². The molecule has 0 spiro atoms. The number of aliphatic imine (C=N–C) groups is 2. The normalized spacial score (nSPS) is 21.7. The molecule has 0 aromatic heterocycles. The van der Waals surface area contributed by atoms with Crippen LogP contribution in [0.4, 0.5) is 0 Å². The Morgan fingerprint density at radius 3 is 1.95 bits per heavy atom. The summed E-state index contributed by atoms with van der Waals surface area (Å²) in [5.74, 6) is 1.58. The lowest BCUT2D eigenvalue weighted by Gasteiger charge is -2.25. The summed E-state index contributed by atoms with van der Waals surface area (Å²) in [6.07, 6.45) is 12.9. The Morgan fingerprint density at radius 2 is 1.38 bits per heavy atom. The summed E-state index contributed by atoms with van der Waals surface area (Å²) in [6, 6.07) is 0.989. The van der Waals surface area contributed by atoms with E-state index in [0.29, 0.717) is 12.1 Å². The highest BCUT2D eigenvalue weighted by Gasteiger charge is 2.17. The molecule has 21 heavy (non-hydrogen) atoms. The van der Waals surface area contributed by atoms with Gasteiger partial charge in [0.1, 0.15) is 0 Å². The van der Waals surface area contributed by atoms with E-state index in [2.05, 4.69) is 20.9 Å². The summed E-state index contributed by atoms with van der Waals surface area (Å²) in [5, 5.41) is 9.73. The molecule has 0 atom stereocenters. The number of rotatable bonds is 2. The molecule has 2 aliphatic carbocycles. The highest BCUT2D eigenvalue weighted by molar-refractivity contribution is 5.94. The molecule has 0 heterocycles. The van der Waals surface area contributed by atoms with E-state index in [9.17, 15) is 0 Å². The zero-order valence-electron chi connectivity index (χ0n) is 13.6. The zero-order valence-corrected chi connectivity index (χ0v) is 13.6. The van der Waals surface area contributed by atoms with Gasteiger partial charge in [0.25, 0.3) is 0 Å². The van der Waals surface area contributed by atoms with Gasteiger partial charge in [-0.05, 0) is 25.7 Å². The van der Waals surface area contributed by atoms with Gasteiger partial charge in [0.05, 0.1) is 6.04 Å². The molecule has 2 aliphatic rings. The van der Waals surface area contributed by atoms with Gasteiger partial charge < -0.3 is 16.0 Å². The largest absolute Gasteiger partial charge is 0.359 e. The lowest BCUT2D eigenvalue weighted by atomic mass is 9.95. The van der Waals surface area contributed by atoms with Gasteiger partial charge in [-0.3, -0.25) is 0 Å². The first kappa shape index (κ1) is 16.1. The van der Waals surface area contributed by atoms with E-state index in [1.54, 1.807) is 0 Å². The topological polar surface area (TPSA) is 60.8 Å². The first-order valence-electron chi connectivity index (χ1n) is 8.60. The highest BCUT2D eigenvalue weighted by atomic mass is 15.2. The average molecular weight is 293 g/mol. The van der Waals surface area contributed by atoms with Crippen LogP contribution in [-0.2, 0) is 0 Å². The lowest BCUT2D eigenvalue weighted by Crippen LogP contribution is -2.40. The second-order valence-corrected chi connectivity index (χ2v) is 6.18. The summed E-state index contributed by atoms with van der Waals surface area (Å²) >= 11 is 0. The van der Waals surface area contributed by atoms with Crippen LogP contribution in [0.1, 0.15) is 64.2 Å². The maximum absolute atomic E-state index is 4.90. The van der Waals surface area contributed by atoms with Crippen LogP contribution in [0.25, 0.3) is 0 Å². The van der Waals surface area contributed by atoms with Crippen LogP contribution in [0.3, 0.4) is 0 Å². The van der Waals surface area contributed by atoms with Crippen molar-refractivity contribution >= 4 is 11.9 Å². The predicted molar refractivity (Wildman–Crippen MR) is 89.9 cm³/mol. The number of nitrogens with zero attached hydrogens (tertiary/aromatic N) is 2. The van der Waals surface area contributed by atoms with Gasteiger partial charge in [-0.1, -0.05) is 38.5 Å². The van der Waals surface area contributed by atoms with Crippen molar-refractivity contribution in [2.45, 2.75) is 76.3 Å². The molecule has 2 fully saturated rings. The van der Waals surface area contributed by atoms with Crippen LogP contribution in [-0.4, -0.2) is 38.1 Å². The maximum Gasteiger partial charge on any atom is 0.221 e. The first-order valence-corrected chi connectivity index (χ1v) is 8.60. The van der Waals surface area contributed by atoms with E-state index < -0.39 is 0 Å². The molecule has 5 heteroatoms. The van der Waals surface area contributed by atoms with Crippen molar-refractivity contribution in [3.8, 4) is 0 Å². The minimum absolute atomic E-state index is 0.448.